The third-order valence-electron chi connectivity index (χ3n) is 3.22. The number of hydrogen-bond acceptors (Lipinski definition) is 5. The van der Waals surface area contributed by atoms with E-state index in [1.165, 1.54) is 18.9 Å². The molecule has 0 bridgehead atoms. The molecule has 1 aromatic rings. The van der Waals surface area contributed by atoms with Crippen LogP contribution in [0.4, 0.5) is 5.69 Å². The first-order chi connectivity index (χ1) is 9.70. The van der Waals surface area contributed by atoms with Gasteiger partial charge < -0.3 is 14.8 Å². The normalized spacial score (nSPS) is 14.2. The van der Waals surface area contributed by atoms with Gasteiger partial charge in [-0.3, -0.25) is 10.1 Å². The number of rotatable bonds is 9. The molecule has 20 heavy (non-hydrogen) atoms. The lowest BCUT2D eigenvalue weighted by Crippen LogP contribution is -2.19. The molecule has 1 fully saturated rings. The Labute approximate surface area is 118 Å². The average molecular weight is 280 g/mol. The second-order valence-electron chi connectivity index (χ2n) is 4.97. The molecule has 110 valence electrons. The number of nitrogens with one attached hydrogen (secondary N) is 1. The molecule has 1 aromatic carbocycles. The highest BCUT2D eigenvalue weighted by atomic mass is 16.6. The van der Waals surface area contributed by atoms with Crippen LogP contribution < -0.4 is 10.1 Å². The lowest BCUT2D eigenvalue weighted by atomic mass is 10.1. The molecule has 0 radical (unpaired) electrons. The molecule has 0 atom stereocenters. The molecule has 0 amide bonds. The second-order valence-corrected chi connectivity index (χ2v) is 4.97. The Morgan fingerprint density at radius 3 is 2.90 bits per heavy atom. The number of nitro benzene ring substituents is 1. The van der Waals surface area contributed by atoms with Crippen molar-refractivity contribution in [3.63, 3.8) is 0 Å². The summed E-state index contributed by atoms with van der Waals surface area (Å²) in [6, 6.07) is 4.75. The Hall–Kier alpha value is -1.66. The van der Waals surface area contributed by atoms with Crippen molar-refractivity contribution in [2.75, 3.05) is 26.9 Å². The third-order valence-corrected chi connectivity index (χ3v) is 3.22. The molecule has 6 heteroatoms. The number of ether oxygens (including phenoxy) is 2. The highest BCUT2D eigenvalue weighted by Crippen LogP contribution is 2.31. The van der Waals surface area contributed by atoms with E-state index in [0.717, 1.165) is 11.3 Å². The van der Waals surface area contributed by atoms with Crippen molar-refractivity contribution in [3.8, 4) is 5.75 Å². The molecule has 0 saturated heterocycles. The van der Waals surface area contributed by atoms with Gasteiger partial charge in [-0.15, -0.1) is 0 Å². The van der Waals surface area contributed by atoms with E-state index in [1.54, 1.807) is 19.2 Å². The van der Waals surface area contributed by atoms with Gasteiger partial charge in [0, 0.05) is 37.9 Å². The van der Waals surface area contributed by atoms with E-state index in [4.69, 9.17) is 9.47 Å². The van der Waals surface area contributed by atoms with Gasteiger partial charge in [-0.25, -0.2) is 0 Å². The van der Waals surface area contributed by atoms with Crippen LogP contribution in [0.15, 0.2) is 18.2 Å². The summed E-state index contributed by atoms with van der Waals surface area (Å²) in [5.74, 6) is 1.38. The van der Waals surface area contributed by atoms with Gasteiger partial charge in [0.1, 0.15) is 5.75 Å². The standard InChI is InChI=1S/C14H20N2O4/c1-19-7-6-15-9-12-8-13(16(17)18)4-5-14(12)20-10-11-2-3-11/h4-5,8,11,15H,2-3,6-7,9-10H2,1H3. The van der Waals surface area contributed by atoms with Crippen molar-refractivity contribution in [3.05, 3.63) is 33.9 Å². The van der Waals surface area contributed by atoms with Crippen molar-refractivity contribution < 1.29 is 14.4 Å². The molecule has 1 saturated carbocycles. The maximum Gasteiger partial charge on any atom is 0.270 e. The van der Waals surface area contributed by atoms with E-state index < -0.39 is 0 Å². The maximum atomic E-state index is 10.8. The highest BCUT2D eigenvalue weighted by Gasteiger charge is 2.22. The molecule has 1 N–H and O–H groups in total. The van der Waals surface area contributed by atoms with Crippen molar-refractivity contribution >= 4 is 5.69 Å². The van der Waals surface area contributed by atoms with Crippen molar-refractivity contribution in [2.24, 2.45) is 5.92 Å². The van der Waals surface area contributed by atoms with Crippen LogP contribution in [-0.4, -0.2) is 31.8 Å². The van der Waals surface area contributed by atoms with E-state index in [2.05, 4.69) is 5.32 Å². The minimum Gasteiger partial charge on any atom is -0.493 e. The number of nitro groups is 1. The van der Waals surface area contributed by atoms with Crippen LogP contribution in [0.2, 0.25) is 0 Å². The summed E-state index contributed by atoms with van der Waals surface area (Å²) < 4.78 is 10.7. The Bertz CT molecular complexity index is 460. The zero-order valence-corrected chi connectivity index (χ0v) is 11.6. The number of benzene rings is 1. The summed E-state index contributed by atoms with van der Waals surface area (Å²) in [5, 5.41) is 14.0. The van der Waals surface area contributed by atoms with Gasteiger partial charge in [-0.2, -0.15) is 0 Å². The quantitative estimate of drug-likeness (QED) is 0.426. The maximum absolute atomic E-state index is 10.8. The van der Waals surface area contributed by atoms with Crippen LogP contribution >= 0.6 is 0 Å². The SMILES string of the molecule is COCCNCc1cc([N+](=O)[O-])ccc1OCC1CC1. The number of non-ortho nitro benzene ring substituents is 1. The van der Waals surface area contributed by atoms with Gasteiger partial charge in [-0.1, -0.05) is 0 Å². The first-order valence-electron chi connectivity index (χ1n) is 6.80. The van der Waals surface area contributed by atoms with E-state index in [9.17, 15) is 10.1 Å². The zero-order chi connectivity index (χ0) is 14.4. The van der Waals surface area contributed by atoms with E-state index in [1.807, 2.05) is 0 Å². The minimum atomic E-state index is -0.386. The van der Waals surface area contributed by atoms with Gasteiger partial charge in [0.25, 0.3) is 5.69 Å². The molecule has 0 spiro atoms. The molecule has 1 aliphatic rings. The lowest BCUT2D eigenvalue weighted by molar-refractivity contribution is -0.384. The molecule has 0 aliphatic heterocycles. The Kier molecular flexibility index (Phi) is 5.31. The van der Waals surface area contributed by atoms with Crippen LogP contribution in [0.1, 0.15) is 18.4 Å². The fourth-order valence-electron chi connectivity index (χ4n) is 1.85. The molecule has 1 aliphatic carbocycles. The van der Waals surface area contributed by atoms with Gasteiger partial charge in [-0.05, 0) is 24.8 Å². The average Bonchev–Trinajstić information content (AvgIpc) is 3.26. The van der Waals surface area contributed by atoms with Crippen molar-refractivity contribution in [1.82, 2.24) is 5.32 Å². The number of nitrogens with zero attached hydrogens (tertiary/aromatic N) is 1. The van der Waals surface area contributed by atoms with E-state index >= 15 is 0 Å². The summed E-state index contributed by atoms with van der Waals surface area (Å²) in [4.78, 5) is 10.5. The molecule has 0 heterocycles. The van der Waals surface area contributed by atoms with Crippen LogP contribution in [0, 0.1) is 16.0 Å². The van der Waals surface area contributed by atoms with E-state index in [-0.39, 0.29) is 10.6 Å². The first kappa shape index (κ1) is 14.7. The second kappa shape index (κ2) is 7.21. The molecular formula is C14H20N2O4. The summed E-state index contributed by atoms with van der Waals surface area (Å²) in [6.07, 6.45) is 2.43. The van der Waals surface area contributed by atoms with Crippen LogP contribution in [0.3, 0.4) is 0 Å². The highest BCUT2D eigenvalue weighted by molar-refractivity contribution is 5.43. The van der Waals surface area contributed by atoms with E-state index in [0.29, 0.717) is 32.2 Å². The zero-order valence-electron chi connectivity index (χ0n) is 11.6. The Morgan fingerprint density at radius 2 is 2.25 bits per heavy atom. The van der Waals surface area contributed by atoms with Crippen molar-refractivity contribution in [2.45, 2.75) is 19.4 Å². The Morgan fingerprint density at radius 1 is 1.45 bits per heavy atom. The van der Waals surface area contributed by atoms with Crippen molar-refractivity contribution in [1.29, 1.82) is 0 Å². The van der Waals surface area contributed by atoms with Gasteiger partial charge >= 0.3 is 0 Å². The predicted molar refractivity (Wildman–Crippen MR) is 74.9 cm³/mol. The molecule has 2 rings (SSSR count). The summed E-state index contributed by atoms with van der Waals surface area (Å²) >= 11 is 0. The van der Waals surface area contributed by atoms with Gasteiger partial charge in [0.2, 0.25) is 0 Å². The molecular weight excluding hydrogens is 260 g/mol. The summed E-state index contributed by atoms with van der Waals surface area (Å²) in [6.45, 7) is 2.53. The topological polar surface area (TPSA) is 73.6 Å². The van der Waals surface area contributed by atoms with Gasteiger partial charge in [0.15, 0.2) is 0 Å². The third kappa shape index (κ3) is 4.47. The van der Waals surface area contributed by atoms with Crippen LogP contribution in [0.5, 0.6) is 5.75 Å². The van der Waals surface area contributed by atoms with Gasteiger partial charge in [0.05, 0.1) is 18.1 Å². The largest absolute Gasteiger partial charge is 0.493 e. The molecule has 0 aromatic heterocycles. The van der Waals surface area contributed by atoms with Crippen LogP contribution in [0.25, 0.3) is 0 Å². The molecule has 0 unspecified atom stereocenters. The predicted octanol–water partition coefficient (Wildman–Crippen LogP) is 2.12. The first-order valence-corrected chi connectivity index (χ1v) is 6.80. The number of methoxy groups -OCH3 is 1. The summed E-state index contributed by atoms with van der Waals surface area (Å²) in [5.41, 5.74) is 0.906. The fourth-order valence-corrected chi connectivity index (χ4v) is 1.85. The fraction of sp³-hybridized carbons (Fsp3) is 0.571. The number of hydrogen-bond donors (Lipinski definition) is 1. The smallest absolute Gasteiger partial charge is 0.270 e. The summed E-state index contributed by atoms with van der Waals surface area (Å²) in [7, 11) is 1.64. The lowest BCUT2D eigenvalue weighted by Gasteiger charge is -2.12. The minimum absolute atomic E-state index is 0.0901. The monoisotopic (exact) mass is 280 g/mol. The molecule has 6 nitrogen and oxygen atoms in total. The van der Waals surface area contributed by atoms with Crippen LogP contribution in [-0.2, 0) is 11.3 Å². The Balaban J connectivity index is 2.00.